The standard InChI is InChI=1S/C25H28N2O4S/c1-19(2)20(3)26-25(28)18-27(32(29,30)24-12-8-5-9-13-24)21-14-16-23(17-15-21)31-22-10-6-4-7-11-22/h4-17,19-20H,18H2,1-3H3,(H,26,28). The molecule has 1 unspecified atom stereocenters. The van der Waals surface area contributed by atoms with Gasteiger partial charge < -0.3 is 10.1 Å². The molecule has 0 aliphatic rings. The number of sulfonamides is 1. The van der Waals surface area contributed by atoms with Crippen molar-refractivity contribution in [3.05, 3.63) is 84.9 Å². The van der Waals surface area contributed by atoms with E-state index in [0.717, 1.165) is 4.31 Å². The predicted molar refractivity (Wildman–Crippen MR) is 126 cm³/mol. The molecule has 1 N–H and O–H groups in total. The zero-order valence-corrected chi connectivity index (χ0v) is 19.2. The fraction of sp³-hybridized carbons (Fsp3) is 0.240. The monoisotopic (exact) mass is 452 g/mol. The summed E-state index contributed by atoms with van der Waals surface area (Å²) in [5.74, 6) is 1.11. The van der Waals surface area contributed by atoms with Gasteiger partial charge in [-0.25, -0.2) is 8.42 Å². The minimum atomic E-state index is -3.95. The molecule has 0 heterocycles. The summed E-state index contributed by atoms with van der Waals surface area (Å²) in [6.07, 6.45) is 0. The van der Waals surface area contributed by atoms with Crippen molar-refractivity contribution in [3.8, 4) is 11.5 Å². The summed E-state index contributed by atoms with van der Waals surface area (Å²) >= 11 is 0. The lowest BCUT2D eigenvalue weighted by Gasteiger charge is -2.26. The Morgan fingerprint density at radius 3 is 1.94 bits per heavy atom. The van der Waals surface area contributed by atoms with Gasteiger partial charge in [-0.2, -0.15) is 0 Å². The molecule has 1 atom stereocenters. The summed E-state index contributed by atoms with van der Waals surface area (Å²) in [7, 11) is -3.95. The Morgan fingerprint density at radius 2 is 1.38 bits per heavy atom. The lowest BCUT2D eigenvalue weighted by Crippen LogP contribution is -2.44. The Kier molecular flexibility index (Phi) is 7.53. The Labute approximate surface area is 189 Å². The van der Waals surface area contributed by atoms with Crippen molar-refractivity contribution in [3.63, 3.8) is 0 Å². The van der Waals surface area contributed by atoms with Gasteiger partial charge in [-0.15, -0.1) is 0 Å². The summed E-state index contributed by atoms with van der Waals surface area (Å²) in [5.41, 5.74) is 0.376. The Bertz CT molecular complexity index is 1120. The SMILES string of the molecule is CC(C)C(C)NC(=O)CN(c1ccc(Oc2ccccc2)cc1)S(=O)(=O)c1ccccc1. The van der Waals surface area contributed by atoms with E-state index < -0.39 is 10.0 Å². The van der Waals surface area contributed by atoms with Crippen LogP contribution in [0.5, 0.6) is 11.5 Å². The molecule has 3 aromatic rings. The van der Waals surface area contributed by atoms with Crippen LogP contribution in [-0.4, -0.2) is 26.9 Å². The average molecular weight is 453 g/mol. The molecule has 0 saturated carbocycles. The van der Waals surface area contributed by atoms with Gasteiger partial charge in [0.25, 0.3) is 10.0 Å². The minimum Gasteiger partial charge on any atom is -0.457 e. The van der Waals surface area contributed by atoms with Crippen LogP contribution in [0, 0.1) is 5.92 Å². The van der Waals surface area contributed by atoms with Gasteiger partial charge in [0.05, 0.1) is 10.6 Å². The van der Waals surface area contributed by atoms with Crippen molar-refractivity contribution < 1.29 is 17.9 Å². The summed E-state index contributed by atoms with van der Waals surface area (Å²) in [6, 6.07) is 24.0. The first-order valence-electron chi connectivity index (χ1n) is 10.5. The number of benzene rings is 3. The Morgan fingerprint density at radius 1 is 0.844 bits per heavy atom. The highest BCUT2D eigenvalue weighted by molar-refractivity contribution is 7.92. The van der Waals surface area contributed by atoms with Gasteiger partial charge in [-0.3, -0.25) is 9.10 Å². The van der Waals surface area contributed by atoms with Gasteiger partial charge in [0, 0.05) is 6.04 Å². The fourth-order valence-corrected chi connectivity index (χ4v) is 4.38. The van der Waals surface area contributed by atoms with Gasteiger partial charge in [0.15, 0.2) is 0 Å². The zero-order valence-electron chi connectivity index (χ0n) is 18.4. The van der Waals surface area contributed by atoms with E-state index in [1.54, 1.807) is 42.5 Å². The van der Waals surface area contributed by atoms with E-state index in [2.05, 4.69) is 5.32 Å². The number of carbonyl (C=O) groups is 1. The van der Waals surface area contributed by atoms with Crippen molar-refractivity contribution in [2.75, 3.05) is 10.8 Å². The Balaban J connectivity index is 1.89. The molecule has 7 heteroatoms. The summed E-state index contributed by atoms with van der Waals surface area (Å²) in [5, 5.41) is 2.88. The molecule has 0 fully saturated rings. The summed E-state index contributed by atoms with van der Waals surface area (Å²) < 4.78 is 33.7. The maximum Gasteiger partial charge on any atom is 0.264 e. The van der Waals surface area contributed by atoms with Crippen LogP contribution >= 0.6 is 0 Å². The molecule has 6 nitrogen and oxygen atoms in total. The topological polar surface area (TPSA) is 75.7 Å². The van der Waals surface area contributed by atoms with E-state index >= 15 is 0 Å². The number of ether oxygens (including phenoxy) is 1. The number of para-hydroxylation sites is 1. The van der Waals surface area contributed by atoms with E-state index in [1.807, 2.05) is 51.1 Å². The zero-order chi connectivity index (χ0) is 23.1. The molecule has 0 saturated heterocycles. The highest BCUT2D eigenvalue weighted by atomic mass is 32.2. The van der Waals surface area contributed by atoms with Crippen LogP contribution < -0.4 is 14.4 Å². The van der Waals surface area contributed by atoms with Gasteiger partial charge in [-0.05, 0) is 61.4 Å². The van der Waals surface area contributed by atoms with Crippen molar-refractivity contribution in [1.82, 2.24) is 5.32 Å². The van der Waals surface area contributed by atoms with Crippen LogP contribution in [0.15, 0.2) is 89.8 Å². The van der Waals surface area contributed by atoms with Crippen LogP contribution in [0.25, 0.3) is 0 Å². The molecule has 0 bridgehead atoms. The molecular formula is C25H28N2O4S. The van der Waals surface area contributed by atoms with E-state index in [4.69, 9.17) is 4.74 Å². The van der Waals surface area contributed by atoms with Crippen molar-refractivity contribution >= 4 is 21.6 Å². The molecule has 0 aliphatic carbocycles. The van der Waals surface area contributed by atoms with E-state index in [0.29, 0.717) is 17.2 Å². The van der Waals surface area contributed by atoms with Crippen LogP contribution in [0.3, 0.4) is 0 Å². The van der Waals surface area contributed by atoms with Crippen LogP contribution in [0.1, 0.15) is 20.8 Å². The summed E-state index contributed by atoms with van der Waals surface area (Å²) in [4.78, 5) is 12.8. The smallest absolute Gasteiger partial charge is 0.264 e. The number of rotatable bonds is 9. The number of hydrogen-bond acceptors (Lipinski definition) is 4. The minimum absolute atomic E-state index is 0.0783. The second-order valence-corrected chi connectivity index (χ2v) is 9.70. The van der Waals surface area contributed by atoms with Crippen LogP contribution in [-0.2, 0) is 14.8 Å². The van der Waals surface area contributed by atoms with Gasteiger partial charge in [0.1, 0.15) is 18.0 Å². The van der Waals surface area contributed by atoms with Crippen molar-refractivity contribution in [2.24, 2.45) is 5.92 Å². The quantitative estimate of drug-likeness (QED) is 0.504. The summed E-state index contributed by atoms with van der Waals surface area (Å²) in [6.45, 7) is 5.56. The van der Waals surface area contributed by atoms with Gasteiger partial charge in [-0.1, -0.05) is 50.2 Å². The molecule has 0 radical (unpaired) electrons. The molecule has 3 rings (SSSR count). The van der Waals surface area contributed by atoms with Crippen LogP contribution in [0.4, 0.5) is 5.69 Å². The van der Waals surface area contributed by atoms with Gasteiger partial charge in [0.2, 0.25) is 5.91 Å². The molecule has 1 amide bonds. The van der Waals surface area contributed by atoms with E-state index in [1.165, 1.54) is 12.1 Å². The van der Waals surface area contributed by atoms with E-state index in [-0.39, 0.29) is 29.3 Å². The van der Waals surface area contributed by atoms with Crippen molar-refractivity contribution in [1.29, 1.82) is 0 Å². The average Bonchev–Trinajstić information content (AvgIpc) is 2.79. The first-order chi connectivity index (χ1) is 15.3. The fourth-order valence-electron chi connectivity index (χ4n) is 2.94. The van der Waals surface area contributed by atoms with E-state index in [9.17, 15) is 13.2 Å². The molecule has 168 valence electrons. The first-order valence-corrected chi connectivity index (χ1v) is 11.9. The number of hydrogen-bond donors (Lipinski definition) is 1. The first kappa shape index (κ1) is 23.3. The highest BCUT2D eigenvalue weighted by Gasteiger charge is 2.27. The third-order valence-electron chi connectivity index (χ3n) is 5.11. The molecule has 0 aromatic heterocycles. The van der Waals surface area contributed by atoms with Crippen molar-refractivity contribution in [2.45, 2.75) is 31.7 Å². The normalized spacial score (nSPS) is 12.2. The third-order valence-corrected chi connectivity index (χ3v) is 6.90. The largest absolute Gasteiger partial charge is 0.457 e. The molecule has 0 spiro atoms. The second-order valence-electron chi connectivity index (χ2n) is 7.83. The number of nitrogens with one attached hydrogen (secondary N) is 1. The lowest BCUT2D eigenvalue weighted by molar-refractivity contribution is -0.120. The van der Waals surface area contributed by atoms with Gasteiger partial charge >= 0.3 is 0 Å². The highest BCUT2D eigenvalue weighted by Crippen LogP contribution is 2.28. The number of anilines is 1. The molecular weight excluding hydrogens is 424 g/mol. The number of nitrogens with zero attached hydrogens (tertiary/aromatic N) is 1. The lowest BCUT2D eigenvalue weighted by atomic mass is 10.1. The predicted octanol–water partition coefficient (Wildman–Crippen LogP) is 4.83. The Hall–Kier alpha value is -3.32. The molecule has 32 heavy (non-hydrogen) atoms. The van der Waals surface area contributed by atoms with Crippen LogP contribution in [0.2, 0.25) is 0 Å². The maximum absolute atomic E-state index is 13.4. The number of carbonyl (C=O) groups excluding carboxylic acids is 1. The maximum atomic E-state index is 13.4. The third kappa shape index (κ3) is 5.88. The second kappa shape index (κ2) is 10.3. The molecule has 3 aromatic carbocycles. The molecule has 0 aliphatic heterocycles. The number of amides is 1.